The fourth-order valence-corrected chi connectivity index (χ4v) is 5.96. The van der Waals surface area contributed by atoms with Crippen LogP contribution in [0.4, 0.5) is 0 Å². The molecular formula is C19H28O3. The van der Waals surface area contributed by atoms with Crippen molar-refractivity contribution in [2.24, 2.45) is 23.2 Å². The zero-order chi connectivity index (χ0) is 15.7. The molecule has 0 aliphatic heterocycles. The second-order valence-corrected chi connectivity index (χ2v) is 8.60. The van der Waals surface area contributed by atoms with Crippen LogP contribution in [0.1, 0.15) is 52.4 Å². The molecule has 122 valence electrons. The van der Waals surface area contributed by atoms with E-state index in [9.17, 15) is 15.3 Å². The lowest BCUT2D eigenvalue weighted by molar-refractivity contribution is -0.0554. The maximum absolute atomic E-state index is 10.4. The topological polar surface area (TPSA) is 60.7 Å². The Labute approximate surface area is 132 Å². The monoisotopic (exact) mass is 304 g/mol. The van der Waals surface area contributed by atoms with Gasteiger partial charge >= 0.3 is 0 Å². The van der Waals surface area contributed by atoms with Crippen molar-refractivity contribution in [1.82, 2.24) is 0 Å². The van der Waals surface area contributed by atoms with Crippen molar-refractivity contribution in [3.05, 3.63) is 23.3 Å². The molecule has 3 N–H and O–H groups in total. The molecule has 1 unspecified atom stereocenters. The Balaban J connectivity index is 1.65. The van der Waals surface area contributed by atoms with Gasteiger partial charge in [0, 0.05) is 0 Å². The minimum Gasteiger partial charge on any atom is -0.390 e. The minimum absolute atomic E-state index is 0.109. The quantitative estimate of drug-likeness (QED) is 0.644. The van der Waals surface area contributed by atoms with Crippen LogP contribution in [-0.2, 0) is 0 Å². The van der Waals surface area contributed by atoms with Crippen molar-refractivity contribution < 1.29 is 15.3 Å². The van der Waals surface area contributed by atoms with Crippen LogP contribution in [0.3, 0.4) is 0 Å². The first kappa shape index (κ1) is 14.9. The van der Waals surface area contributed by atoms with E-state index in [0.717, 1.165) is 32.1 Å². The number of aliphatic hydroxyl groups is 3. The smallest absolute Gasteiger partial charge is 0.0855 e. The van der Waals surface area contributed by atoms with Gasteiger partial charge in [-0.2, -0.15) is 0 Å². The molecule has 0 saturated heterocycles. The van der Waals surface area contributed by atoms with Gasteiger partial charge in [0.15, 0.2) is 0 Å². The van der Waals surface area contributed by atoms with Crippen LogP contribution in [0.15, 0.2) is 23.3 Å². The highest BCUT2D eigenvalue weighted by Crippen LogP contribution is 2.61. The lowest BCUT2D eigenvalue weighted by Crippen LogP contribution is -2.46. The van der Waals surface area contributed by atoms with E-state index >= 15 is 0 Å². The molecule has 7 atom stereocenters. The van der Waals surface area contributed by atoms with Crippen molar-refractivity contribution in [2.45, 2.75) is 70.2 Å². The zero-order valence-electron chi connectivity index (χ0n) is 13.6. The molecule has 3 saturated carbocycles. The highest BCUT2D eigenvalue weighted by atomic mass is 16.3. The predicted octanol–water partition coefficient (Wildman–Crippen LogP) is 2.56. The van der Waals surface area contributed by atoms with Gasteiger partial charge in [0.1, 0.15) is 0 Å². The second-order valence-electron chi connectivity index (χ2n) is 8.60. The number of allylic oxidation sites excluding steroid dienone is 2. The van der Waals surface area contributed by atoms with Crippen molar-refractivity contribution in [3.63, 3.8) is 0 Å². The van der Waals surface area contributed by atoms with Crippen molar-refractivity contribution in [2.75, 3.05) is 0 Å². The lowest BCUT2D eigenvalue weighted by Gasteiger charge is -2.51. The first-order valence-corrected chi connectivity index (χ1v) is 8.82. The van der Waals surface area contributed by atoms with E-state index in [1.165, 1.54) is 11.1 Å². The predicted molar refractivity (Wildman–Crippen MR) is 85.1 cm³/mol. The number of hydrogen-bond donors (Lipinski definition) is 3. The van der Waals surface area contributed by atoms with E-state index in [1.54, 1.807) is 0 Å². The van der Waals surface area contributed by atoms with Crippen molar-refractivity contribution in [1.29, 1.82) is 0 Å². The number of hydrogen-bond acceptors (Lipinski definition) is 3. The van der Waals surface area contributed by atoms with Gasteiger partial charge in [0.05, 0.1) is 17.8 Å². The third kappa shape index (κ3) is 1.98. The summed E-state index contributed by atoms with van der Waals surface area (Å²) in [7, 11) is 0. The summed E-state index contributed by atoms with van der Waals surface area (Å²) in [6.07, 6.45) is 8.95. The number of fused-ring (bicyclic) bond motifs is 5. The maximum Gasteiger partial charge on any atom is 0.0855 e. The summed E-state index contributed by atoms with van der Waals surface area (Å²) in [6, 6.07) is 0. The van der Waals surface area contributed by atoms with E-state index in [4.69, 9.17) is 0 Å². The Bertz CT molecular complexity index is 547. The van der Waals surface area contributed by atoms with E-state index in [2.05, 4.69) is 19.1 Å². The van der Waals surface area contributed by atoms with Crippen LogP contribution < -0.4 is 0 Å². The van der Waals surface area contributed by atoms with Crippen LogP contribution in [0.25, 0.3) is 0 Å². The van der Waals surface area contributed by atoms with Gasteiger partial charge in [-0.25, -0.2) is 0 Å². The molecule has 3 heteroatoms. The molecule has 0 radical (unpaired) electrons. The Hall–Kier alpha value is -0.640. The first-order valence-electron chi connectivity index (χ1n) is 8.82. The molecule has 3 fully saturated rings. The molecule has 0 bridgehead atoms. The molecule has 22 heavy (non-hydrogen) atoms. The third-order valence-electron chi connectivity index (χ3n) is 7.15. The van der Waals surface area contributed by atoms with Crippen LogP contribution in [-0.4, -0.2) is 33.1 Å². The van der Waals surface area contributed by atoms with Crippen molar-refractivity contribution in [3.8, 4) is 0 Å². The molecule has 0 heterocycles. The summed E-state index contributed by atoms with van der Waals surface area (Å²) in [5.41, 5.74) is 2.01. The van der Waals surface area contributed by atoms with E-state index in [1.807, 2.05) is 6.92 Å². The van der Waals surface area contributed by atoms with Crippen LogP contribution in [0.2, 0.25) is 0 Å². The normalized spacial score (nSPS) is 54.0. The van der Waals surface area contributed by atoms with Crippen LogP contribution in [0, 0.1) is 23.2 Å². The summed E-state index contributed by atoms with van der Waals surface area (Å²) in [5.74, 6) is 1.57. The molecule has 3 nitrogen and oxygen atoms in total. The Morgan fingerprint density at radius 1 is 1.18 bits per heavy atom. The van der Waals surface area contributed by atoms with Gasteiger partial charge < -0.3 is 15.3 Å². The van der Waals surface area contributed by atoms with Gasteiger partial charge in [0.25, 0.3) is 0 Å². The summed E-state index contributed by atoms with van der Waals surface area (Å²) < 4.78 is 0. The number of rotatable bonds is 0. The minimum atomic E-state index is -0.686. The molecule has 0 amide bonds. The van der Waals surface area contributed by atoms with Gasteiger partial charge in [-0.05, 0) is 85.8 Å². The third-order valence-corrected chi connectivity index (χ3v) is 7.15. The average Bonchev–Trinajstić information content (AvgIpc) is 2.69. The van der Waals surface area contributed by atoms with Crippen LogP contribution in [0.5, 0.6) is 0 Å². The summed E-state index contributed by atoms with van der Waals surface area (Å²) in [4.78, 5) is 0. The van der Waals surface area contributed by atoms with Gasteiger partial charge in [-0.15, -0.1) is 0 Å². The highest BCUT2D eigenvalue weighted by molar-refractivity contribution is 5.42. The SMILES string of the molecule is CC1(O)C=C2CC[C@@H]3[C@H](CC[C@]4(C)[C@@H](O)[C@H](O)C[C@@H]34)C2=CC1. The summed E-state index contributed by atoms with van der Waals surface area (Å²) >= 11 is 0. The fraction of sp³-hybridized carbons (Fsp3) is 0.789. The fourth-order valence-electron chi connectivity index (χ4n) is 5.96. The Morgan fingerprint density at radius 3 is 2.73 bits per heavy atom. The standard InChI is InChI=1S/C19H28O3/c1-18(22)7-5-12-11(10-18)3-4-14-13(12)6-8-19(2)15(14)9-16(20)17(19)21/h5,10,13-17,20-22H,3-4,6-9H2,1-2H3/t13-,14-,15+,16-,17+,18?,19+/m1/s1. The average molecular weight is 304 g/mol. The Kier molecular flexibility index (Phi) is 3.18. The zero-order valence-corrected chi connectivity index (χ0v) is 13.6. The molecule has 4 aliphatic carbocycles. The van der Waals surface area contributed by atoms with E-state index < -0.39 is 17.8 Å². The Morgan fingerprint density at radius 2 is 1.95 bits per heavy atom. The van der Waals surface area contributed by atoms with Gasteiger partial charge in [-0.1, -0.05) is 13.0 Å². The molecule has 0 spiro atoms. The maximum atomic E-state index is 10.4. The summed E-state index contributed by atoms with van der Waals surface area (Å²) in [5, 5.41) is 30.9. The first-order chi connectivity index (χ1) is 10.3. The van der Waals surface area contributed by atoms with Crippen LogP contribution >= 0.6 is 0 Å². The molecule has 0 aromatic rings. The number of aliphatic hydroxyl groups excluding tert-OH is 2. The lowest BCUT2D eigenvalue weighted by atomic mass is 9.54. The van der Waals surface area contributed by atoms with E-state index in [-0.39, 0.29) is 5.41 Å². The largest absolute Gasteiger partial charge is 0.390 e. The molecule has 0 aromatic carbocycles. The molecule has 4 aliphatic rings. The second kappa shape index (κ2) is 4.68. The molecular weight excluding hydrogens is 276 g/mol. The molecule has 0 aromatic heterocycles. The molecule has 4 rings (SSSR count). The van der Waals surface area contributed by atoms with Crippen molar-refractivity contribution >= 4 is 0 Å². The van der Waals surface area contributed by atoms with E-state index in [0.29, 0.717) is 24.2 Å². The summed E-state index contributed by atoms with van der Waals surface area (Å²) in [6.45, 7) is 4.07. The van der Waals surface area contributed by atoms with Gasteiger partial charge in [-0.3, -0.25) is 0 Å². The van der Waals surface area contributed by atoms with Gasteiger partial charge in [0.2, 0.25) is 0 Å². The highest BCUT2D eigenvalue weighted by Gasteiger charge is 2.58.